The molecule has 0 saturated carbocycles. The molecule has 0 spiro atoms. The molecule has 28 heavy (non-hydrogen) atoms. The predicted octanol–water partition coefficient (Wildman–Crippen LogP) is 3.24. The van der Waals surface area contributed by atoms with Gasteiger partial charge in [-0.1, -0.05) is 15.9 Å². The summed E-state index contributed by atoms with van der Waals surface area (Å²) in [6.45, 7) is 4.81. The van der Waals surface area contributed by atoms with E-state index in [4.69, 9.17) is 4.74 Å². The van der Waals surface area contributed by atoms with Crippen molar-refractivity contribution in [1.29, 1.82) is 0 Å². The lowest BCUT2D eigenvalue weighted by Gasteiger charge is -2.11. The zero-order valence-electron chi connectivity index (χ0n) is 15.7. The summed E-state index contributed by atoms with van der Waals surface area (Å²) in [6.07, 6.45) is 0. The number of carbonyl (C=O) groups is 2. The Kier molecular flexibility index (Phi) is 7.34. The second kappa shape index (κ2) is 9.31. The highest BCUT2D eigenvalue weighted by Crippen LogP contribution is 2.20. The van der Waals surface area contributed by atoms with Crippen molar-refractivity contribution in [2.75, 3.05) is 11.9 Å². The maximum absolute atomic E-state index is 12.1. The van der Waals surface area contributed by atoms with Crippen LogP contribution in [-0.4, -0.2) is 32.9 Å². The molecule has 0 heterocycles. The average molecular weight is 469 g/mol. The van der Waals surface area contributed by atoms with Crippen LogP contribution in [0, 0.1) is 6.92 Å². The first-order valence-electron chi connectivity index (χ1n) is 8.44. The smallest absolute Gasteiger partial charge is 0.338 e. The minimum atomic E-state index is -3.64. The molecule has 0 aliphatic carbocycles. The van der Waals surface area contributed by atoms with Crippen molar-refractivity contribution in [2.45, 2.75) is 31.7 Å². The van der Waals surface area contributed by atoms with Gasteiger partial charge in [-0.25, -0.2) is 17.9 Å². The van der Waals surface area contributed by atoms with Gasteiger partial charge in [0, 0.05) is 16.2 Å². The van der Waals surface area contributed by atoms with Gasteiger partial charge in [-0.05, 0) is 68.8 Å². The van der Waals surface area contributed by atoms with Gasteiger partial charge in [0.2, 0.25) is 10.0 Å². The number of sulfonamides is 1. The molecule has 0 radical (unpaired) electrons. The number of nitrogens with one attached hydrogen (secondary N) is 2. The summed E-state index contributed by atoms with van der Waals surface area (Å²) in [5, 5.41) is 2.67. The SMILES string of the molecule is Cc1cc(Br)ccc1NC(=O)COC(=O)c1ccc(S(=O)(=O)NC(C)C)cc1. The molecule has 2 aromatic rings. The third kappa shape index (κ3) is 6.15. The zero-order chi connectivity index (χ0) is 20.9. The van der Waals surface area contributed by atoms with Crippen LogP contribution in [0.2, 0.25) is 0 Å². The van der Waals surface area contributed by atoms with Crippen LogP contribution in [0.5, 0.6) is 0 Å². The van der Waals surface area contributed by atoms with Crippen LogP contribution in [0.3, 0.4) is 0 Å². The maximum Gasteiger partial charge on any atom is 0.338 e. The number of anilines is 1. The van der Waals surface area contributed by atoms with Crippen LogP contribution in [0.1, 0.15) is 29.8 Å². The Balaban J connectivity index is 1.95. The molecular formula is C19H21BrN2O5S. The molecule has 0 unspecified atom stereocenters. The Bertz CT molecular complexity index is 972. The van der Waals surface area contributed by atoms with E-state index in [1.807, 2.05) is 13.0 Å². The monoisotopic (exact) mass is 468 g/mol. The van der Waals surface area contributed by atoms with Gasteiger partial charge in [0.15, 0.2) is 6.61 Å². The number of carbonyl (C=O) groups excluding carboxylic acids is 2. The Morgan fingerprint density at radius 1 is 1.11 bits per heavy atom. The Morgan fingerprint density at radius 2 is 1.75 bits per heavy atom. The zero-order valence-corrected chi connectivity index (χ0v) is 18.1. The van der Waals surface area contributed by atoms with Crippen molar-refractivity contribution < 1.29 is 22.7 Å². The first kappa shape index (κ1) is 22.1. The summed E-state index contributed by atoms with van der Waals surface area (Å²) in [6, 6.07) is 10.4. The number of amides is 1. The number of benzene rings is 2. The number of ether oxygens (including phenoxy) is 1. The number of halogens is 1. The van der Waals surface area contributed by atoms with Gasteiger partial charge in [-0.15, -0.1) is 0 Å². The lowest BCUT2D eigenvalue weighted by atomic mass is 10.2. The molecule has 0 fully saturated rings. The number of rotatable bonds is 7. The maximum atomic E-state index is 12.1. The summed E-state index contributed by atoms with van der Waals surface area (Å²) < 4.78 is 32.5. The highest BCUT2D eigenvalue weighted by Gasteiger charge is 2.17. The molecule has 2 rings (SSSR count). The number of aryl methyl sites for hydroxylation is 1. The number of hydrogen-bond donors (Lipinski definition) is 2. The normalized spacial score (nSPS) is 11.3. The average Bonchev–Trinajstić information content (AvgIpc) is 2.61. The van der Waals surface area contributed by atoms with Gasteiger partial charge in [0.1, 0.15) is 0 Å². The van der Waals surface area contributed by atoms with Crippen molar-refractivity contribution in [3.63, 3.8) is 0 Å². The summed E-state index contributed by atoms with van der Waals surface area (Å²) in [7, 11) is -3.64. The van der Waals surface area contributed by atoms with Gasteiger partial charge in [0.25, 0.3) is 5.91 Å². The van der Waals surface area contributed by atoms with E-state index in [2.05, 4.69) is 26.0 Å². The summed E-state index contributed by atoms with van der Waals surface area (Å²) >= 11 is 3.34. The van der Waals surface area contributed by atoms with Gasteiger partial charge < -0.3 is 10.1 Å². The fraction of sp³-hybridized carbons (Fsp3) is 0.263. The lowest BCUT2D eigenvalue weighted by Crippen LogP contribution is -2.30. The van der Waals surface area contributed by atoms with Gasteiger partial charge in [0.05, 0.1) is 10.5 Å². The molecule has 0 bridgehead atoms. The van der Waals surface area contributed by atoms with Crippen LogP contribution >= 0.6 is 15.9 Å². The van der Waals surface area contributed by atoms with Crippen LogP contribution in [0.15, 0.2) is 51.8 Å². The van der Waals surface area contributed by atoms with Crippen molar-refractivity contribution in [3.05, 3.63) is 58.1 Å². The largest absolute Gasteiger partial charge is 0.452 e. The standard InChI is InChI=1S/C19H21BrN2O5S/c1-12(2)22-28(25,26)16-7-4-14(5-8-16)19(24)27-11-18(23)21-17-9-6-15(20)10-13(17)3/h4-10,12,22H,11H2,1-3H3,(H,21,23). The summed E-state index contributed by atoms with van der Waals surface area (Å²) in [4.78, 5) is 24.1. The molecule has 0 aliphatic rings. The molecule has 2 N–H and O–H groups in total. The highest BCUT2D eigenvalue weighted by atomic mass is 79.9. The topological polar surface area (TPSA) is 102 Å². The Labute approximate surface area is 172 Å². The molecule has 150 valence electrons. The van der Waals surface area contributed by atoms with E-state index in [0.717, 1.165) is 10.0 Å². The third-order valence-corrected chi connectivity index (χ3v) is 5.76. The van der Waals surface area contributed by atoms with Gasteiger partial charge in [-0.3, -0.25) is 4.79 Å². The molecule has 7 nitrogen and oxygen atoms in total. The second-order valence-electron chi connectivity index (χ2n) is 6.38. The van der Waals surface area contributed by atoms with E-state index >= 15 is 0 Å². The van der Waals surface area contributed by atoms with Crippen molar-refractivity contribution in [3.8, 4) is 0 Å². The minimum absolute atomic E-state index is 0.0428. The number of esters is 1. The lowest BCUT2D eigenvalue weighted by molar-refractivity contribution is -0.119. The highest BCUT2D eigenvalue weighted by molar-refractivity contribution is 9.10. The van der Waals surface area contributed by atoms with E-state index < -0.39 is 28.5 Å². The fourth-order valence-electron chi connectivity index (χ4n) is 2.32. The molecule has 2 aromatic carbocycles. The van der Waals surface area contributed by atoms with Crippen molar-refractivity contribution >= 4 is 43.5 Å². The van der Waals surface area contributed by atoms with E-state index in [1.54, 1.807) is 26.0 Å². The number of hydrogen-bond acceptors (Lipinski definition) is 5. The van der Waals surface area contributed by atoms with Crippen molar-refractivity contribution in [1.82, 2.24) is 4.72 Å². The predicted molar refractivity (Wildman–Crippen MR) is 110 cm³/mol. The van der Waals surface area contributed by atoms with Gasteiger partial charge in [-0.2, -0.15) is 0 Å². The van der Waals surface area contributed by atoms with Crippen LogP contribution in [0.25, 0.3) is 0 Å². The van der Waals surface area contributed by atoms with Gasteiger partial charge >= 0.3 is 5.97 Å². The second-order valence-corrected chi connectivity index (χ2v) is 9.01. The molecule has 0 aliphatic heterocycles. The van der Waals surface area contributed by atoms with E-state index in [0.29, 0.717) is 5.69 Å². The van der Waals surface area contributed by atoms with E-state index in [-0.39, 0.29) is 16.5 Å². The van der Waals surface area contributed by atoms with Crippen LogP contribution < -0.4 is 10.0 Å². The van der Waals surface area contributed by atoms with E-state index in [1.165, 1.54) is 24.3 Å². The molecule has 0 saturated heterocycles. The first-order chi connectivity index (χ1) is 13.1. The molecule has 1 amide bonds. The van der Waals surface area contributed by atoms with E-state index in [9.17, 15) is 18.0 Å². The first-order valence-corrected chi connectivity index (χ1v) is 10.7. The van der Waals surface area contributed by atoms with Crippen molar-refractivity contribution in [2.24, 2.45) is 0 Å². The summed E-state index contributed by atoms with van der Waals surface area (Å²) in [5.74, 6) is -1.19. The third-order valence-electron chi connectivity index (χ3n) is 3.59. The fourth-order valence-corrected chi connectivity index (χ4v) is 4.04. The quantitative estimate of drug-likeness (QED) is 0.607. The Hall–Kier alpha value is -2.23. The Morgan fingerprint density at radius 3 is 2.32 bits per heavy atom. The molecule has 0 atom stereocenters. The molecule has 0 aromatic heterocycles. The van der Waals surface area contributed by atoms with Crippen LogP contribution in [0.4, 0.5) is 5.69 Å². The minimum Gasteiger partial charge on any atom is -0.452 e. The molecular weight excluding hydrogens is 448 g/mol. The molecule has 9 heteroatoms. The summed E-state index contributed by atoms with van der Waals surface area (Å²) in [5.41, 5.74) is 1.63. The van der Waals surface area contributed by atoms with Crippen LogP contribution in [-0.2, 0) is 19.6 Å².